The second-order valence-corrected chi connectivity index (χ2v) is 5.36. The average molecular weight is 247 g/mol. The highest BCUT2D eigenvalue weighted by Crippen LogP contribution is 2.36. The Morgan fingerprint density at radius 1 is 1.33 bits per heavy atom. The van der Waals surface area contributed by atoms with E-state index in [1.807, 2.05) is 0 Å². The van der Waals surface area contributed by atoms with E-state index in [1.165, 1.54) is 16.9 Å². The van der Waals surface area contributed by atoms with Crippen molar-refractivity contribution >= 4 is 0 Å². The molecule has 1 aromatic carbocycles. The molecule has 0 aliphatic carbocycles. The molecule has 1 heterocycles. The summed E-state index contributed by atoms with van der Waals surface area (Å²) in [5, 5.41) is 3.44. The van der Waals surface area contributed by atoms with Gasteiger partial charge >= 0.3 is 0 Å². The molecule has 2 unspecified atom stereocenters. The molecule has 1 aliphatic heterocycles. The predicted octanol–water partition coefficient (Wildman–Crippen LogP) is 3.36. The standard InChI is InChI=1S/C16H25NO/c1-4-17-11-12(2)13(3)15-9-5-7-14-8-6-10-18-16(14)15/h5,7,9,12-13,17H,4,6,8,10-11H2,1-3H3. The fraction of sp³-hybridized carbons (Fsp3) is 0.625. The minimum absolute atomic E-state index is 0.539. The van der Waals surface area contributed by atoms with Crippen molar-refractivity contribution in [3.05, 3.63) is 29.3 Å². The van der Waals surface area contributed by atoms with Crippen LogP contribution in [0.5, 0.6) is 5.75 Å². The maximum absolute atomic E-state index is 5.91. The number of rotatable bonds is 5. The average Bonchev–Trinajstić information content (AvgIpc) is 2.43. The van der Waals surface area contributed by atoms with E-state index in [0.29, 0.717) is 11.8 Å². The molecule has 0 spiro atoms. The van der Waals surface area contributed by atoms with Gasteiger partial charge in [-0.25, -0.2) is 0 Å². The van der Waals surface area contributed by atoms with Crippen molar-refractivity contribution in [2.24, 2.45) is 5.92 Å². The van der Waals surface area contributed by atoms with Crippen molar-refractivity contribution in [3.63, 3.8) is 0 Å². The molecule has 0 radical (unpaired) electrons. The Kier molecular flexibility index (Phi) is 4.65. The summed E-state index contributed by atoms with van der Waals surface area (Å²) in [4.78, 5) is 0. The molecule has 18 heavy (non-hydrogen) atoms. The second kappa shape index (κ2) is 6.24. The third-order valence-electron chi connectivity index (χ3n) is 4.02. The van der Waals surface area contributed by atoms with Gasteiger partial charge in [-0.3, -0.25) is 0 Å². The lowest BCUT2D eigenvalue weighted by Crippen LogP contribution is -2.24. The van der Waals surface area contributed by atoms with Crippen LogP contribution >= 0.6 is 0 Å². The summed E-state index contributed by atoms with van der Waals surface area (Å²) in [7, 11) is 0. The van der Waals surface area contributed by atoms with Crippen LogP contribution in [0.4, 0.5) is 0 Å². The van der Waals surface area contributed by atoms with Crippen LogP contribution in [0, 0.1) is 5.92 Å². The molecule has 0 saturated carbocycles. The first-order valence-corrected chi connectivity index (χ1v) is 7.19. The number of ether oxygens (including phenoxy) is 1. The Labute approximate surface area is 111 Å². The Hall–Kier alpha value is -1.02. The molecule has 0 aromatic heterocycles. The molecule has 0 fully saturated rings. The summed E-state index contributed by atoms with van der Waals surface area (Å²) >= 11 is 0. The minimum Gasteiger partial charge on any atom is -0.493 e. The first kappa shape index (κ1) is 13.4. The highest BCUT2D eigenvalue weighted by Gasteiger charge is 2.21. The van der Waals surface area contributed by atoms with Crippen LogP contribution in [-0.4, -0.2) is 19.7 Å². The second-order valence-electron chi connectivity index (χ2n) is 5.36. The molecule has 2 heteroatoms. The van der Waals surface area contributed by atoms with E-state index in [2.05, 4.69) is 44.3 Å². The van der Waals surface area contributed by atoms with Gasteiger partial charge in [0.2, 0.25) is 0 Å². The Morgan fingerprint density at radius 2 is 2.17 bits per heavy atom. The molecule has 2 nitrogen and oxygen atoms in total. The normalized spacial score (nSPS) is 17.7. The van der Waals surface area contributed by atoms with Crippen molar-refractivity contribution in [2.75, 3.05) is 19.7 Å². The first-order valence-electron chi connectivity index (χ1n) is 7.19. The van der Waals surface area contributed by atoms with Crippen LogP contribution in [0.2, 0.25) is 0 Å². The molecule has 1 N–H and O–H groups in total. The predicted molar refractivity (Wildman–Crippen MR) is 76.4 cm³/mol. The molecule has 0 amide bonds. The zero-order chi connectivity index (χ0) is 13.0. The van der Waals surface area contributed by atoms with E-state index in [1.54, 1.807) is 0 Å². The van der Waals surface area contributed by atoms with Crippen molar-refractivity contribution in [2.45, 2.75) is 39.5 Å². The topological polar surface area (TPSA) is 21.3 Å². The summed E-state index contributed by atoms with van der Waals surface area (Å²) in [6.07, 6.45) is 2.31. The molecule has 2 rings (SSSR count). The van der Waals surface area contributed by atoms with Gasteiger partial charge in [0.15, 0.2) is 0 Å². The van der Waals surface area contributed by atoms with Gasteiger partial charge < -0.3 is 10.1 Å². The van der Waals surface area contributed by atoms with E-state index >= 15 is 0 Å². The number of hydrogen-bond acceptors (Lipinski definition) is 2. The van der Waals surface area contributed by atoms with Crippen LogP contribution in [-0.2, 0) is 6.42 Å². The molecule has 1 aromatic rings. The van der Waals surface area contributed by atoms with Gasteiger partial charge in [-0.1, -0.05) is 39.0 Å². The molecular formula is C16H25NO. The molecule has 2 atom stereocenters. The van der Waals surface area contributed by atoms with Gasteiger partial charge in [0.25, 0.3) is 0 Å². The number of aryl methyl sites for hydroxylation is 1. The fourth-order valence-electron chi connectivity index (χ4n) is 2.63. The third-order valence-corrected chi connectivity index (χ3v) is 4.02. The zero-order valence-corrected chi connectivity index (χ0v) is 11.8. The maximum Gasteiger partial charge on any atom is 0.125 e. The number of benzene rings is 1. The van der Waals surface area contributed by atoms with Gasteiger partial charge in [0.1, 0.15) is 5.75 Å². The highest BCUT2D eigenvalue weighted by molar-refractivity contribution is 5.44. The SMILES string of the molecule is CCNCC(C)C(C)c1cccc2c1OCCC2. The summed E-state index contributed by atoms with van der Waals surface area (Å²) < 4.78 is 5.91. The quantitative estimate of drug-likeness (QED) is 0.861. The van der Waals surface area contributed by atoms with Gasteiger partial charge in [0, 0.05) is 0 Å². The zero-order valence-electron chi connectivity index (χ0n) is 11.8. The largest absolute Gasteiger partial charge is 0.493 e. The number of para-hydroxylation sites is 1. The van der Waals surface area contributed by atoms with Gasteiger partial charge in [-0.15, -0.1) is 0 Å². The highest BCUT2D eigenvalue weighted by atomic mass is 16.5. The fourth-order valence-corrected chi connectivity index (χ4v) is 2.63. The van der Waals surface area contributed by atoms with Crippen LogP contribution in [0.15, 0.2) is 18.2 Å². The smallest absolute Gasteiger partial charge is 0.125 e. The monoisotopic (exact) mass is 247 g/mol. The number of hydrogen-bond donors (Lipinski definition) is 1. The van der Waals surface area contributed by atoms with Gasteiger partial charge in [-0.2, -0.15) is 0 Å². The van der Waals surface area contributed by atoms with E-state index < -0.39 is 0 Å². The summed E-state index contributed by atoms with van der Waals surface area (Å²) in [5.74, 6) is 2.33. The van der Waals surface area contributed by atoms with Crippen molar-refractivity contribution < 1.29 is 4.74 Å². The lowest BCUT2D eigenvalue weighted by atomic mass is 9.86. The van der Waals surface area contributed by atoms with Crippen LogP contribution < -0.4 is 10.1 Å². The van der Waals surface area contributed by atoms with E-state index in [-0.39, 0.29) is 0 Å². The summed E-state index contributed by atoms with van der Waals surface area (Å²) in [6.45, 7) is 9.77. The van der Waals surface area contributed by atoms with Crippen LogP contribution in [0.3, 0.4) is 0 Å². The Balaban J connectivity index is 2.16. The summed E-state index contributed by atoms with van der Waals surface area (Å²) in [5.41, 5.74) is 2.78. The van der Waals surface area contributed by atoms with Crippen LogP contribution in [0.25, 0.3) is 0 Å². The van der Waals surface area contributed by atoms with E-state index in [9.17, 15) is 0 Å². The Morgan fingerprint density at radius 3 is 2.94 bits per heavy atom. The van der Waals surface area contributed by atoms with Crippen LogP contribution in [0.1, 0.15) is 44.2 Å². The maximum atomic E-state index is 5.91. The van der Waals surface area contributed by atoms with E-state index in [0.717, 1.165) is 32.5 Å². The van der Waals surface area contributed by atoms with Gasteiger partial charge in [0.05, 0.1) is 6.61 Å². The number of fused-ring (bicyclic) bond motifs is 1. The molecule has 0 bridgehead atoms. The summed E-state index contributed by atoms with van der Waals surface area (Å²) in [6, 6.07) is 6.62. The molecule has 100 valence electrons. The van der Waals surface area contributed by atoms with Gasteiger partial charge in [-0.05, 0) is 48.9 Å². The lowest BCUT2D eigenvalue weighted by molar-refractivity contribution is 0.280. The lowest BCUT2D eigenvalue weighted by Gasteiger charge is -2.26. The van der Waals surface area contributed by atoms with Crippen molar-refractivity contribution in [1.82, 2.24) is 5.32 Å². The first-order chi connectivity index (χ1) is 8.74. The molecule has 1 aliphatic rings. The minimum atomic E-state index is 0.539. The molecule has 0 saturated heterocycles. The van der Waals surface area contributed by atoms with Crippen molar-refractivity contribution in [1.29, 1.82) is 0 Å². The molecular weight excluding hydrogens is 222 g/mol. The third kappa shape index (κ3) is 2.86. The number of nitrogens with one attached hydrogen (secondary N) is 1. The van der Waals surface area contributed by atoms with E-state index in [4.69, 9.17) is 4.74 Å². The van der Waals surface area contributed by atoms with Crippen molar-refractivity contribution in [3.8, 4) is 5.75 Å². The Bertz CT molecular complexity index is 389.